The van der Waals surface area contributed by atoms with Crippen LogP contribution in [0.3, 0.4) is 0 Å². The molecule has 3 rings (SSSR count). The number of ether oxygens (including phenoxy) is 1. The van der Waals surface area contributed by atoms with Crippen molar-refractivity contribution in [3.8, 4) is 0 Å². The molecule has 0 aliphatic heterocycles. The molecule has 1 atom stereocenters. The van der Waals surface area contributed by atoms with Crippen molar-refractivity contribution in [2.75, 3.05) is 14.2 Å². The van der Waals surface area contributed by atoms with Gasteiger partial charge in [0, 0.05) is 31.9 Å². The second-order valence-corrected chi connectivity index (χ2v) is 5.31. The number of carboxylic acids is 1. The van der Waals surface area contributed by atoms with E-state index >= 15 is 0 Å². The lowest BCUT2D eigenvalue weighted by Crippen LogP contribution is -2.21. The van der Waals surface area contributed by atoms with Crippen molar-refractivity contribution < 1.29 is 19.4 Å². The van der Waals surface area contributed by atoms with E-state index in [0.29, 0.717) is 11.3 Å². The summed E-state index contributed by atoms with van der Waals surface area (Å²) in [7, 11) is 2.95. The lowest BCUT2D eigenvalue weighted by molar-refractivity contribution is 0.0696. The minimum atomic E-state index is -1.15. The molecule has 3 N–H and O–H groups in total. The van der Waals surface area contributed by atoms with Gasteiger partial charge in [-0.15, -0.1) is 0 Å². The molecule has 1 unspecified atom stereocenters. The number of aromatic amines is 1. The van der Waals surface area contributed by atoms with Crippen molar-refractivity contribution in [1.29, 1.82) is 0 Å². The summed E-state index contributed by atoms with van der Waals surface area (Å²) in [5.41, 5.74) is 1.76. The van der Waals surface area contributed by atoms with Crippen molar-refractivity contribution in [3.63, 3.8) is 0 Å². The van der Waals surface area contributed by atoms with Gasteiger partial charge in [-0.1, -0.05) is 0 Å². The molecule has 3 aromatic rings. The molecule has 3 aromatic heterocycles. The quantitative estimate of drug-likeness (QED) is 0.651. The summed E-state index contributed by atoms with van der Waals surface area (Å²) in [6.45, 7) is 0. The standard InChI is InChI=1S/C17H16N4O4/c1-18-16(22)13-8-9(17(23)24)7-12(21-13)14(25-2)10-3-5-19-15-11(10)4-6-20-15/h3-8,14H,1-2H3,(H,18,22)(H,19,20)(H,23,24). The van der Waals surface area contributed by atoms with Crippen molar-refractivity contribution >= 4 is 22.9 Å². The van der Waals surface area contributed by atoms with Gasteiger partial charge in [-0.25, -0.2) is 14.8 Å². The molecule has 0 aromatic carbocycles. The maximum absolute atomic E-state index is 11.9. The van der Waals surface area contributed by atoms with E-state index in [0.717, 1.165) is 10.9 Å². The van der Waals surface area contributed by atoms with Gasteiger partial charge in [-0.2, -0.15) is 0 Å². The van der Waals surface area contributed by atoms with Gasteiger partial charge in [0.05, 0.1) is 11.3 Å². The molecule has 0 fully saturated rings. The number of aromatic carboxylic acids is 1. The minimum absolute atomic E-state index is 0.0128. The molecular weight excluding hydrogens is 324 g/mol. The molecule has 0 aliphatic carbocycles. The second-order valence-electron chi connectivity index (χ2n) is 5.31. The number of H-pyrrole nitrogens is 1. The highest BCUT2D eigenvalue weighted by atomic mass is 16.5. The number of aromatic nitrogens is 3. The second kappa shape index (κ2) is 6.70. The average molecular weight is 340 g/mol. The lowest BCUT2D eigenvalue weighted by atomic mass is 10.0. The largest absolute Gasteiger partial charge is 0.478 e. The third-order valence-corrected chi connectivity index (χ3v) is 3.83. The zero-order chi connectivity index (χ0) is 18.0. The molecule has 128 valence electrons. The van der Waals surface area contributed by atoms with Gasteiger partial charge in [0.25, 0.3) is 5.91 Å². The zero-order valence-corrected chi connectivity index (χ0v) is 13.6. The number of nitrogens with one attached hydrogen (secondary N) is 2. The molecule has 0 spiro atoms. The topological polar surface area (TPSA) is 117 Å². The fourth-order valence-corrected chi connectivity index (χ4v) is 2.67. The average Bonchev–Trinajstić information content (AvgIpc) is 3.11. The molecule has 8 heteroatoms. The maximum Gasteiger partial charge on any atom is 0.335 e. The summed E-state index contributed by atoms with van der Waals surface area (Å²) in [4.78, 5) is 34.9. The van der Waals surface area contributed by atoms with E-state index in [4.69, 9.17) is 4.74 Å². The predicted molar refractivity (Wildman–Crippen MR) is 89.5 cm³/mol. The van der Waals surface area contributed by atoms with Gasteiger partial charge in [-0.05, 0) is 29.8 Å². The van der Waals surface area contributed by atoms with E-state index in [1.807, 2.05) is 6.07 Å². The summed E-state index contributed by atoms with van der Waals surface area (Å²) < 4.78 is 5.57. The number of rotatable bonds is 5. The fourth-order valence-electron chi connectivity index (χ4n) is 2.67. The molecule has 1 amide bonds. The first kappa shape index (κ1) is 16.6. The van der Waals surface area contributed by atoms with Gasteiger partial charge in [0.2, 0.25) is 0 Å². The van der Waals surface area contributed by atoms with Crippen LogP contribution in [0.4, 0.5) is 0 Å². The first-order chi connectivity index (χ1) is 12.0. The van der Waals surface area contributed by atoms with E-state index in [9.17, 15) is 14.7 Å². The van der Waals surface area contributed by atoms with Crippen LogP contribution >= 0.6 is 0 Å². The first-order valence-corrected chi connectivity index (χ1v) is 7.47. The van der Waals surface area contributed by atoms with Gasteiger partial charge in [-0.3, -0.25) is 4.79 Å². The normalized spacial score (nSPS) is 12.1. The van der Waals surface area contributed by atoms with Gasteiger partial charge >= 0.3 is 5.97 Å². The SMILES string of the molecule is CNC(=O)c1cc(C(=O)O)cc(C(OC)c2ccnc3[nH]ccc23)n1. The first-order valence-electron chi connectivity index (χ1n) is 7.47. The Balaban J connectivity index is 2.18. The van der Waals surface area contributed by atoms with E-state index in [1.165, 1.54) is 26.3 Å². The highest BCUT2D eigenvalue weighted by Gasteiger charge is 2.22. The molecule has 3 heterocycles. The van der Waals surface area contributed by atoms with E-state index in [-0.39, 0.29) is 11.3 Å². The van der Waals surface area contributed by atoms with Crippen molar-refractivity contribution in [1.82, 2.24) is 20.3 Å². The van der Waals surface area contributed by atoms with E-state index in [2.05, 4.69) is 20.3 Å². The highest BCUT2D eigenvalue weighted by Crippen LogP contribution is 2.30. The monoisotopic (exact) mass is 340 g/mol. The third kappa shape index (κ3) is 3.07. The Bertz CT molecular complexity index is 951. The number of carbonyl (C=O) groups excluding carboxylic acids is 1. The van der Waals surface area contributed by atoms with Crippen LogP contribution in [0.2, 0.25) is 0 Å². The summed E-state index contributed by atoms with van der Waals surface area (Å²) in [5.74, 6) is -1.62. The Kier molecular flexibility index (Phi) is 4.44. The van der Waals surface area contributed by atoms with Crippen LogP contribution < -0.4 is 5.32 Å². The fraction of sp³-hybridized carbons (Fsp3) is 0.176. The molecule has 0 aliphatic rings. The molecule has 0 saturated carbocycles. The Hall–Kier alpha value is -3.26. The minimum Gasteiger partial charge on any atom is -0.478 e. The number of nitrogens with zero attached hydrogens (tertiary/aromatic N) is 2. The number of hydrogen-bond donors (Lipinski definition) is 3. The van der Waals surface area contributed by atoms with Crippen LogP contribution in [0.1, 0.15) is 38.2 Å². The summed E-state index contributed by atoms with van der Waals surface area (Å²) in [6.07, 6.45) is 2.73. The van der Waals surface area contributed by atoms with Crippen LogP contribution in [-0.4, -0.2) is 46.1 Å². The molecule has 8 nitrogen and oxygen atoms in total. The summed E-state index contributed by atoms with van der Waals surface area (Å²) in [5, 5.41) is 12.6. The number of hydrogen-bond acceptors (Lipinski definition) is 5. The Labute approximate surface area is 142 Å². The number of fused-ring (bicyclic) bond motifs is 1. The predicted octanol–water partition coefficient (Wildman–Crippen LogP) is 1.75. The van der Waals surface area contributed by atoms with Crippen molar-refractivity contribution in [3.05, 3.63) is 59.2 Å². The molecular formula is C17H16N4O4. The van der Waals surface area contributed by atoms with Crippen LogP contribution in [0.25, 0.3) is 11.0 Å². The van der Waals surface area contributed by atoms with Crippen LogP contribution in [0, 0.1) is 0 Å². The van der Waals surface area contributed by atoms with Gasteiger partial charge in [0.1, 0.15) is 17.4 Å². The summed E-state index contributed by atoms with van der Waals surface area (Å²) in [6, 6.07) is 6.26. The van der Waals surface area contributed by atoms with Crippen LogP contribution in [0.15, 0.2) is 36.7 Å². The van der Waals surface area contributed by atoms with Crippen molar-refractivity contribution in [2.45, 2.75) is 6.10 Å². The van der Waals surface area contributed by atoms with Crippen LogP contribution in [0.5, 0.6) is 0 Å². The highest BCUT2D eigenvalue weighted by molar-refractivity contribution is 5.96. The summed E-state index contributed by atoms with van der Waals surface area (Å²) >= 11 is 0. The molecule has 0 radical (unpaired) electrons. The van der Waals surface area contributed by atoms with E-state index < -0.39 is 18.0 Å². The Morgan fingerprint density at radius 3 is 2.80 bits per heavy atom. The zero-order valence-electron chi connectivity index (χ0n) is 13.6. The van der Waals surface area contributed by atoms with Crippen molar-refractivity contribution in [2.24, 2.45) is 0 Å². The number of amides is 1. The van der Waals surface area contributed by atoms with Gasteiger partial charge < -0.3 is 20.1 Å². The third-order valence-electron chi connectivity index (χ3n) is 3.83. The van der Waals surface area contributed by atoms with Crippen LogP contribution in [-0.2, 0) is 4.74 Å². The number of pyridine rings is 2. The van der Waals surface area contributed by atoms with Gasteiger partial charge in [0.15, 0.2) is 0 Å². The lowest BCUT2D eigenvalue weighted by Gasteiger charge is -2.17. The Morgan fingerprint density at radius 1 is 1.32 bits per heavy atom. The number of carbonyl (C=O) groups is 2. The molecule has 0 bridgehead atoms. The van der Waals surface area contributed by atoms with E-state index in [1.54, 1.807) is 18.5 Å². The maximum atomic E-state index is 11.9. The molecule has 0 saturated heterocycles. The Morgan fingerprint density at radius 2 is 2.12 bits per heavy atom. The number of carboxylic acid groups (broad SMARTS) is 1. The molecule has 25 heavy (non-hydrogen) atoms. The number of methoxy groups -OCH3 is 1. The smallest absolute Gasteiger partial charge is 0.335 e.